The molecule has 0 bridgehead atoms. The zero-order valence-corrected chi connectivity index (χ0v) is 20.5. The molecule has 2 aromatic carbocycles. The molecule has 2 N–H and O–H groups in total. The van der Waals surface area contributed by atoms with Gasteiger partial charge in [0.2, 0.25) is 15.8 Å². The van der Waals surface area contributed by atoms with Gasteiger partial charge in [-0.15, -0.1) is 0 Å². The fourth-order valence-corrected chi connectivity index (χ4v) is 5.71. The van der Waals surface area contributed by atoms with E-state index in [4.69, 9.17) is 0 Å². The monoisotopic (exact) mass is 535 g/mol. The number of nitrogens with one attached hydrogen (secondary N) is 2. The maximum atomic E-state index is 15.4. The number of nitrogens with zero attached hydrogens (tertiary/aromatic N) is 3. The Hall–Kier alpha value is -3.25. The first-order valence-electron chi connectivity index (χ1n) is 11.9. The number of hydrogen-bond donors (Lipinski definition) is 2. The molecule has 196 valence electrons. The quantitative estimate of drug-likeness (QED) is 0.394. The maximum Gasteiger partial charge on any atom is 0.416 e. The zero-order chi connectivity index (χ0) is 26.2. The van der Waals surface area contributed by atoms with Crippen molar-refractivity contribution in [3.05, 3.63) is 77.4 Å². The topological polar surface area (TPSA) is 87.2 Å². The van der Waals surface area contributed by atoms with Gasteiger partial charge in [0.25, 0.3) is 0 Å². The Bertz CT molecular complexity index is 1360. The predicted molar refractivity (Wildman–Crippen MR) is 130 cm³/mol. The molecule has 2 heterocycles. The first-order valence-corrected chi connectivity index (χ1v) is 13.4. The average Bonchev–Trinajstić information content (AvgIpc) is 3.54. The molecule has 0 spiro atoms. The van der Waals surface area contributed by atoms with Gasteiger partial charge in [0.15, 0.2) is 11.6 Å². The van der Waals surface area contributed by atoms with E-state index in [-0.39, 0.29) is 35.2 Å². The minimum Gasteiger partial charge on any atom is -0.363 e. The van der Waals surface area contributed by atoms with Crippen molar-refractivity contribution in [1.82, 2.24) is 14.7 Å². The second kappa shape index (κ2) is 9.90. The number of alkyl halides is 3. The summed E-state index contributed by atoms with van der Waals surface area (Å²) in [4.78, 5) is 10.0. The summed E-state index contributed by atoms with van der Waals surface area (Å²) >= 11 is 0. The summed E-state index contributed by atoms with van der Waals surface area (Å²) < 4.78 is 81.5. The molecular weight excluding hydrogens is 510 g/mol. The number of sulfonamides is 1. The van der Waals surface area contributed by atoms with E-state index < -0.39 is 27.6 Å². The molecule has 7 nitrogen and oxygen atoms in total. The lowest BCUT2D eigenvalue weighted by Gasteiger charge is -2.27. The second-order valence-electron chi connectivity index (χ2n) is 9.22. The molecule has 0 amide bonds. The minimum atomic E-state index is -4.42. The van der Waals surface area contributed by atoms with Crippen LogP contribution >= 0.6 is 0 Å². The fourth-order valence-electron chi connectivity index (χ4n) is 4.41. The predicted octanol–water partition coefficient (Wildman–Crippen LogP) is 5.03. The molecule has 1 aliphatic heterocycles. The van der Waals surface area contributed by atoms with Gasteiger partial charge in [0.05, 0.1) is 16.5 Å². The zero-order valence-electron chi connectivity index (χ0n) is 19.7. The van der Waals surface area contributed by atoms with Gasteiger partial charge in [0.1, 0.15) is 6.33 Å². The maximum absolute atomic E-state index is 15.4. The van der Waals surface area contributed by atoms with Crippen molar-refractivity contribution in [2.45, 2.75) is 55.4 Å². The van der Waals surface area contributed by atoms with Gasteiger partial charge in [-0.05, 0) is 61.1 Å². The summed E-state index contributed by atoms with van der Waals surface area (Å²) in [7, 11) is -3.55. The standard InChI is InChI=1S/C25H25F4N5O2S/c26-22-23(30-14-16-3-11-20(12-4-16)37(35,36)33-19-9-10-19)31-15-32-24(22)34-13-1-2-21(34)17-5-7-18(8-6-17)25(27,28)29/h3-8,11-12,15,19,21,33H,1-2,9-10,13-14H2,(H,30,31,32)/t21-/m1/s1. The molecule has 0 radical (unpaired) electrons. The highest BCUT2D eigenvalue weighted by molar-refractivity contribution is 7.89. The third-order valence-electron chi connectivity index (χ3n) is 6.51. The Morgan fingerprint density at radius 2 is 1.68 bits per heavy atom. The smallest absolute Gasteiger partial charge is 0.363 e. The number of benzene rings is 2. The van der Waals surface area contributed by atoms with Crippen LogP contribution in [0.15, 0.2) is 59.8 Å². The van der Waals surface area contributed by atoms with Crippen LogP contribution in [0.3, 0.4) is 0 Å². The molecular formula is C25H25F4N5O2S. The van der Waals surface area contributed by atoms with E-state index in [0.29, 0.717) is 18.5 Å². The van der Waals surface area contributed by atoms with Gasteiger partial charge in [-0.2, -0.15) is 17.6 Å². The molecule has 37 heavy (non-hydrogen) atoms. The molecule has 5 rings (SSSR count). The first-order chi connectivity index (χ1) is 17.6. The van der Waals surface area contributed by atoms with Crippen LogP contribution in [0.25, 0.3) is 0 Å². The van der Waals surface area contributed by atoms with Crippen LogP contribution in [0, 0.1) is 5.82 Å². The molecule has 3 aromatic rings. The Morgan fingerprint density at radius 3 is 2.32 bits per heavy atom. The van der Waals surface area contributed by atoms with Gasteiger partial charge < -0.3 is 10.2 Å². The van der Waals surface area contributed by atoms with E-state index in [9.17, 15) is 21.6 Å². The summed E-state index contributed by atoms with van der Waals surface area (Å²) in [5, 5.41) is 2.93. The largest absolute Gasteiger partial charge is 0.416 e. The lowest BCUT2D eigenvalue weighted by Crippen LogP contribution is -2.25. The van der Waals surface area contributed by atoms with E-state index in [2.05, 4.69) is 20.0 Å². The summed E-state index contributed by atoms with van der Waals surface area (Å²) in [6.45, 7) is 0.704. The van der Waals surface area contributed by atoms with Crippen LogP contribution < -0.4 is 14.9 Å². The van der Waals surface area contributed by atoms with Crippen LogP contribution in [0.1, 0.15) is 48.4 Å². The van der Waals surface area contributed by atoms with Crippen molar-refractivity contribution < 1.29 is 26.0 Å². The summed E-state index contributed by atoms with van der Waals surface area (Å²) in [5.74, 6) is -0.600. The van der Waals surface area contributed by atoms with Crippen LogP contribution in [-0.2, 0) is 22.7 Å². The lowest BCUT2D eigenvalue weighted by atomic mass is 10.0. The molecule has 12 heteroatoms. The normalized spacial score (nSPS) is 18.3. The number of halogens is 4. The van der Waals surface area contributed by atoms with E-state index >= 15 is 4.39 Å². The molecule has 2 aliphatic rings. The van der Waals surface area contributed by atoms with Gasteiger partial charge in [0, 0.05) is 19.1 Å². The average molecular weight is 536 g/mol. The lowest BCUT2D eigenvalue weighted by molar-refractivity contribution is -0.137. The molecule has 1 atom stereocenters. The first kappa shape index (κ1) is 25.4. The van der Waals surface area contributed by atoms with Gasteiger partial charge in [-0.25, -0.2) is 23.1 Å². The van der Waals surface area contributed by atoms with Crippen molar-refractivity contribution in [2.75, 3.05) is 16.8 Å². The Kier molecular flexibility index (Phi) is 6.80. The van der Waals surface area contributed by atoms with Crippen molar-refractivity contribution in [3.63, 3.8) is 0 Å². The third kappa shape index (κ3) is 5.69. The molecule has 1 aliphatic carbocycles. The second-order valence-corrected chi connectivity index (χ2v) is 10.9. The van der Waals surface area contributed by atoms with Crippen LogP contribution in [0.5, 0.6) is 0 Å². The highest BCUT2D eigenvalue weighted by Gasteiger charge is 2.33. The highest BCUT2D eigenvalue weighted by Crippen LogP contribution is 2.38. The SMILES string of the molecule is O=S(=O)(NC1CC1)c1ccc(CNc2ncnc(N3CCC[C@@H]3c3ccc(C(F)(F)F)cc3)c2F)cc1. The van der Waals surface area contributed by atoms with Gasteiger partial charge >= 0.3 is 6.18 Å². The number of rotatable bonds is 8. The highest BCUT2D eigenvalue weighted by atomic mass is 32.2. The molecule has 1 aromatic heterocycles. The summed E-state index contributed by atoms with van der Waals surface area (Å²) in [6.07, 6.45) is -0.102. The minimum absolute atomic E-state index is 0.00994. The van der Waals surface area contributed by atoms with E-state index in [1.807, 2.05) is 0 Å². The van der Waals surface area contributed by atoms with Crippen molar-refractivity contribution in [3.8, 4) is 0 Å². The summed E-state index contributed by atoms with van der Waals surface area (Å²) in [6, 6.07) is 10.9. The van der Waals surface area contributed by atoms with Crippen molar-refractivity contribution in [1.29, 1.82) is 0 Å². The Morgan fingerprint density at radius 1 is 0.973 bits per heavy atom. The number of aromatic nitrogens is 2. The van der Waals surface area contributed by atoms with Crippen LogP contribution in [0.2, 0.25) is 0 Å². The van der Waals surface area contributed by atoms with Gasteiger partial charge in [-0.1, -0.05) is 24.3 Å². The Labute approximate surface area is 212 Å². The van der Waals surface area contributed by atoms with E-state index in [0.717, 1.165) is 37.0 Å². The molecule has 2 fully saturated rings. The van der Waals surface area contributed by atoms with E-state index in [1.54, 1.807) is 17.0 Å². The van der Waals surface area contributed by atoms with E-state index in [1.165, 1.54) is 30.6 Å². The summed E-state index contributed by atoms with van der Waals surface area (Å²) in [5.41, 5.74) is 0.656. The molecule has 0 unspecified atom stereocenters. The number of hydrogen-bond acceptors (Lipinski definition) is 6. The van der Waals surface area contributed by atoms with Crippen LogP contribution in [-0.4, -0.2) is 31.0 Å². The van der Waals surface area contributed by atoms with Crippen molar-refractivity contribution in [2.24, 2.45) is 0 Å². The molecule has 1 saturated heterocycles. The number of anilines is 2. The van der Waals surface area contributed by atoms with Crippen LogP contribution in [0.4, 0.5) is 29.2 Å². The molecule has 1 saturated carbocycles. The Balaban J connectivity index is 1.28. The third-order valence-corrected chi connectivity index (χ3v) is 8.05. The van der Waals surface area contributed by atoms with Crippen molar-refractivity contribution >= 4 is 21.7 Å². The van der Waals surface area contributed by atoms with Gasteiger partial charge in [-0.3, -0.25) is 0 Å². The fraction of sp³-hybridized carbons (Fsp3) is 0.360.